The second-order valence-corrected chi connectivity index (χ2v) is 8.43. The van der Waals surface area contributed by atoms with Crippen molar-refractivity contribution in [2.24, 2.45) is 11.8 Å². The molecule has 2 aromatic rings. The largest absolute Gasteiger partial charge is 0.342 e. The number of para-hydroxylation sites is 1. The molecule has 0 unspecified atom stereocenters. The normalized spacial score (nSPS) is 22.9. The van der Waals surface area contributed by atoms with Crippen molar-refractivity contribution >= 4 is 17.7 Å². The zero-order valence-electron chi connectivity index (χ0n) is 15.3. The van der Waals surface area contributed by atoms with Gasteiger partial charge in [-0.3, -0.25) is 9.36 Å². The van der Waals surface area contributed by atoms with E-state index in [4.69, 9.17) is 0 Å². The van der Waals surface area contributed by atoms with E-state index in [1.807, 2.05) is 16.7 Å². The van der Waals surface area contributed by atoms with Crippen LogP contribution in [0.4, 0.5) is 0 Å². The summed E-state index contributed by atoms with van der Waals surface area (Å²) >= 11 is 1.49. The number of likely N-dealkylation sites (tertiary alicyclic amines) is 1. The Hall–Kier alpha value is -1.82. The minimum absolute atomic E-state index is 0.235. The Bertz CT molecular complexity index is 775. The van der Waals surface area contributed by atoms with Crippen LogP contribution in [-0.2, 0) is 4.79 Å². The van der Waals surface area contributed by atoms with E-state index in [1.54, 1.807) is 6.33 Å². The highest BCUT2D eigenvalue weighted by atomic mass is 32.2. The molecule has 2 atom stereocenters. The third kappa shape index (κ3) is 3.65. The summed E-state index contributed by atoms with van der Waals surface area (Å²) in [6.07, 6.45) is 8.27. The summed E-state index contributed by atoms with van der Waals surface area (Å²) in [5, 5.41) is 9.05. The van der Waals surface area contributed by atoms with E-state index in [9.17, 15) is 4.79 Å². The van der Waals surface area contributed by atoms with Crippen molar-refractivity contribution in [3.8, 4) is 5.69 Å². The Labute approximate surface area is 159 Å². The lowest BCUT2D eigenvalue weighted by Gasteiger charge is -2.41. The predicted octanol–water partition coefficient (Wildman–Crippen LogP) is 3.71. The van der Waals surface area contributed by atoms with Gasteiger partial charge in [-0.2, -0.15) is 0 Å². The Balaban J connectivity index is 1.38. The molecule has 1 aliphatic carbocycles. The van der Waals surface area contributed by atoms with Crippen molar-refractivity contribution < 1.29 is 4.79 Å². The highest BCUT2D eigenvalue weighted by Gasteiger charge is 2.32. The zero-order chi connectivity index (χ0) is 17.9. The fraction of sp³-hybridized carbons (Fsp3) is 0.550. The number of benzene rings is 1. The average molecular weight is 371 g/mol. The number of carbonyl (C=O) groups is 1. The number of thioether (sulfide) groups is 1. The van der Waals surface area contributed by atoms with E-state index in [0.717, 1.165) is 35.8 Å². The molecule has 1 saturated carbocycles. The van der Waals surface area contributed by atoms with Gasteiger partial charge in [-0.25, -0.2) is 0 Å². The van der Waals surface area contributed by atoms with Gasteiger partial charge in [0, 0.05) is 13.1 Å². The number of hydrogen-bond donors (Lipinski definition) is 0. The molecule has 26 heavy (non-hydrogen) atoms. The van der Waals surface area contributed by atoms with E-state index in [2.05, 4.69) is 34.2 Å². The van der Waals surface area contributed by atoms with E-state index in [1.165, 1.54) is 49.4 Å². The van der Waals surface area contributed by atoms with Crippen molar-refractivity contribution in [2.45, 2.75) is 44.2 Å². The van der Waals surface area contributed by atoms with Gasteiger partial charge in [0.05, 0.1) is 11.4 Å². The number of fused-ring (bicyclic) bond motifs is 1. The van der Waals surface area contributed by atoms with Crippen LogP contribution in [0.15, 0.2) is 35.7 Å². The summed E-state index contributed by atoms with van der Waals surface area (Å²) in [4.78, 5) is 14.8. The lowest BCUT2D eigenvalue weighted by Crippen LogP contribution is -2.45. The standard InChI is InChI=1S/C20H26N4OS/c1-15-6-2-5-9-18(15)24-14-21-22-20(24)26-13-19(25)23-11-10-16-7-3-4-8-17(16)12-23/h2,5-6,9,14,16-17H,3-4,7-8,10-13H2,1H3/t16-,17+/m0/s1. The number of amides is 1. The molecular weight excluding hydrogens is 344 g/mol. The van der Waals surface area contributed by atoms with Crippen molar-refractivity contribution in [2.75, 3.05) is 18.8 Å². The number of nitrogens with zero attached hydrogens (tertiary/aromatic N) is 4. The van der Waals surface area contributed by atoms with E-state index < -0.39 is 0 Å². The van der Waals surface area contributed by atoms with Gasteiger partial charge in [0.25, 0.3) is 0 Å². The number of rotatable bonds is 4. The molecule has 1 saturated heterocycles. The van der Waals surface area contributed by atoms with Crippen molar-refractivity contribution in [3.63, 3.8) is 0 Å². The second-order valence-electron chi connectivity index (χ2n) is 7.49. The van der Waals surface area contributed by atoms with Crippen molar-refractivity contribution in [3.05, 3.63) is 36.2 Å². The lowest BCUT2D eigenvalue weighted by molar-refractivity contribution is -0.131. The molecule has 1 aromatic heterocycles. The molecule has 1 aromatic carbocycles. The van der Waals surface area contributed by atoms with Crippen LogP contribution >= 0.6 is 11.8 Å². The van der Waals surface area contributed by atoms with Crippen LogP contribution in [0.25, 0.3) is 5.69 Å². The third-order valence-corrected chi connectivity index (χ3v) is 6.79. The van der Waals surface area contributed by atoms with Gasteiger partial charge in [0.1, 0.15) is 6.33 Å². The smallest absolute Gasteiger partial charge is 0.233 e. The van der Waals surface area contributed by atoms with Gasteiger partial charge >= 0.3 is 0 Å². The first-order valence-corrected chi connectivity index (χ1v) is 10.6. The predicted molar refractivity (Wildman–Crippen MR) is 103 cm³/mol. The molecule has 0 radical (unpaired) electrons. The minimum atomic E-state index is 0.235. The van der Waals surface area contributed by atoms with Gasteiger partial charge in [-0.1, -0.05) is 49.2 Å². The van der Waals surface area contributed by atoms with E-state index in [0.29, 0.717) is 5.75 Å². The Morgan fingerprint density at radius 1 is 1.19 bits per heavy atom. The summed E-state index contributed by atoms with van der Waals surface area (Å²) < 4.78 is 1.97. The van der Waals surface area contributed by atoms with Gasteiger partial charge in [-0.15, -0.1) is 10.2 Å². The molecule has 0 bridgehead atoms. The Morgan fingerprint density at radius 3 is 2.85 bits per heavy atom. The molecule has 2 heterocycles. The first-order chi connectivity index (χ1) is 12.7. The molecular formula is C20H26N4OS. The summed E-state index contributed by atoms with van der Waals surface area (Å²) in [5.74, 6) is 2.24. The zero-order valence-corrected chi connectivity index (χ0v) is 16.1. The van der Waals surface area contributed by atoms with Crippen LogP contribution in [0.3, 0.4) is 0 Å². The SMILES string of the molecule is Cc1ccccc1-n1cnnc1SCC(=O)N1CC[C@@H]2CCCC[C@@H]2C1. The van der Waals surface area contributed by atoms with Crippen LogP contribution in [0.1, 0.15) is 37.7 Å². The van der Waals surface area contributed by atoms with Crippen LogP contribution in [0.5, 0.6) is 0 Å². The maximum Gasteiger partial charge on any atom is 0.233 e. The molecule has 4 rings (SSSR count). The molecule has 0 spiro atoms. The first-order valence-electron chi connectivity index (χ1n) is 9.59. The van der Waals surface area contributed by atoms with Gasteiger partial charge in [0.2, 0.25) is 5.91 Å². The molecule has 138 valence electrons. The van der Waals surface area contributed by atoms with Crippen LogP contribution < -0.4 is 0 Å². The fourth-order valence-electron chi connectivity index (χ4n) is 4.37. The summed E-state index contributed by atoms with van der Waals surface area (Å²) in [6, 6.07) is 8.16. The monoisotopic (exact) mass is 370 g/mol. The summed E-state index contributed by atoms with van der Waals surface area (Å²) in [5.41, 5.74) is 2.23. The molecule has 0 N–H and O–H groups in total. The number of piperidine rings is 1. The maximum atomic E-state index is 12.7. The van der Waals surface area contributed by atoms with Gasteiger partial charge in [0.15, 0.2) is 5.16 Å². The molecule has 2 aliphatic rings. The minimum Gasteiger partial charge on any atom is -0.342 e. The third-order valence-electron chi connectivity index (χ3n) is 5.86. The second kappa shape index (κ2) is 7.82. The topological polar surface area (TPSA) is 51.0 Å². The van der Waals surface area contributed by atoms with Crippen LogP contribution in [0, 0.1) is 18.8 Å². The Kier molecular flexibility index (Phi) is 5.29. The van der Waals surface area contributed by atoms with Gasteiger partial charge in [-0.05, 0) is 43.2 Å². The van der Waals surface area contributed by atoms with E-state index in [-0.39, 0.29) is 5.91 Å². The lowest BCUT2D eigenvalue weighted by atomic mass is 9.75. The average Bonchev–Trinajstić information content (AvgIpc) is 3.14. The first kappa shape index (κ1) is 17.6. The van der Waals surface area contributed by atoms with E-state index >= 15 is 0 Å². The molecule has 5 nitrogen and oxygen atoms in total. The van der Waals surface area contributed by atoms with Crippen molar-refractivity contribution in [1.82, 2.24) is 19.7 Å². The fourth-order valence-corrected chi connectivity index (χ4v) is 5.19. The van der Waals surface area contributed by atoms with Gasteiger partial charge < -0.3 is 4.90 Å². The molecule has 2 fully saturated rings. The van der Waals surface area contributed by atoms with Crippen LogP contribution in [0.2, 0.25) is 0 Å². The summed E-state index contributed by atoms with van der Waals surface area (Å²) in [6.45, 7) is 3.95. The number of carbonyl (C=O) groups excluding carboxylic acids is 1. The molecule has 1 amide bonds. The number of hydrogen-bond acceptors (Lipinski definition) is 4. The quantitative estimate of drug-likeness (QED) is 0.770. The highest BCUT2D eigenvalue weighted by molar-refractivity contribution is 7.99. The highest BCUT2D eigenvalue weighted by Crippen LogP contribution is 2.36. The van der Waals surface area contributed by atoms with Crippen LogP contribution in [-0.4, -0.2) is 44.4 Å². The summed E-state index contributed by atoms with van der Waals surface area (Å²) in [7, 11) is 0. The number of aryl methyl sites for hydroxylation is 1. The number of aromatic nitrogens is 3. The molecule has 1 aliphatic heterocycles. The molecule has 6 heteroatoms. The maximum absolute atomic E-state index is 12.7. The Morgan fingerprint density at radius 2 is 2.00 bits per heavy atom. The van der Waals surface area contributed by atoms with Crippen molar-refractivity contribution in [1.29, 1.82) is 0 Å².